The first kappa shape index (κ1) is 17.9. The first-order valence-electron chi connectivity index (χ1n) is 7.97. The highest BCUT2D eigenvalue weighted by molar-refractivity contribution is 7.90. The number of rotatable bonds is 5. The van der Waals surface area contributed by atoms with Gasteiger partial charge in [0.2, 0.25) is 0 Å². The van der Waals surface area contributed by atoms with Crippen LogP contribution in [0.1, 0.15) is 15.9 Å². The SMILES string of the molecule is COc1ccc2cc(/C=C/C(=O)c3ccc(S(C)(=O)=O)cc3)ccc2c1. The molecule has 0 aliphatic heterocycles. The molecule has 0 bridgehead atoms. The topological polar surface area (TPSA) is 60.4 Å². The van der Waals surface area contributed by atoms with Crippen LogP contribution in [0.4, 0.5) is 0 Å². The number of ketones is 1. The van der Waals surface area contributed by atoms with Gasteiger partial charge in [-0.25, -0.2) is 8.42 Å². The zero-order valence-electron chi connectivity index (χ0n) is 14.5. The molecule has 0 spiro atoms. The summed E-state index contributed by atoms with van der Waals surface area (Å²) in [6, 6.07) is 17.6. The van der Waals surface area contributed by atoms with Crippen molar-refractivity contribution in [2.24, 2.45) is 0 Å². The lowest BCUT2D eigenvalue weighted by Crippen LogP contribution is -1.99. The van der Waals surface area contributed by atoms with Crippen molar-refractivity contribution >= 4 is 32.5 Å². The van der Waals surface area contributed by atoms with Crippen LogP contribution < -0.4 is 4.74 Å². The Labute approximate surface area is 152 Å². The lowest BCUT2D eigenvalue weighted by atomic mass is 10.1. The number of sulfone groups is 1. The predicted molar refractivity (Wildman–Crippen MR) is 103 cm³/mol. The van der Waals surface area contributed by atoms with Crippen LogP contribution in [0.25, 0.3) is 16.8 Å². The van der Waals surface area contributed by atoms with Crippen LogP contribution in [0.2, 0.25) is 0 Å². The van der Waals surface area contributed by atoms with Crippen molar-refractivity contribution < 1.29 is 17.9 Å². The van der Waals surface area contributed by atoms with Crippen molar-refractivity contribution in [2.75, 3.05) is 13.4 Å². The molecule has 0 radical (unpaired) electrons. The first-order chi connectivity index (χ1) is 12.4. The molecule has 26 heavy (non-hydrogen) atoms. The van der Waals surface area contributed by atoms with Crippen molar-refractivity contribution in [1.29, 1.82) is 0 Å². The van der Waals surface area contributed by atoms with Crippen LogP contribution in [0.3, 0.4) is 0 Å². The Kier molecular flexibility index (Phi) is 4.91. The van der Waals surface area contributed by atoms with Gasteiger partial charge < -0.3 is 4.74 Å². The van der Waals surface area contributed by atoms with Gasteiger partial charge in [0.05, 0.1) is 12.0 Å². The van der Waals surface area contributed by atoms with Crippen LogP contribution in [0, 0.1) is 0 Å². The Morgan fingerprint density at radius 2 is 1.58 bits per heavy atom. The van der Waals surface area contributed by atoms with Gasteiger partial charge in [-0.05, 0) is 64.9 Å². The molecule has 5 heteroatoms. The summed E-state index contributed by atoms with van der Waals surface area (Å²) in [4.78, 5) is 12.5. The van der Waals surface area contributed by atoms with E-state index >= 15 is 0 Å². The van der Waals surface area contributed by atoms with Gasteiger partial charge in [0, 0.05) is 11.8 Å². The van der Waals surface area contributed by atoms with E-state index < -0.39 is 9.84 Å². The number of hydrogen-bond donors (Lipinski definition) is 0. The summed E-state index contributed by atoms with van der Waals surface area (Å²) in [6.07, 6.45) is 4.37. The van der Waals surface area contributed by atoms with Gasteiger partial charge in [0.25, 0.3) is 0 Å². The second-order valence-corrected chi connectivity index (χ2v) is 7.98. The van der Waals surface area contributed by atoms with Gasteiger partial charge >= 0.3 is 0 Å². The fraction of sp³-hybridized carbons (Fsp3) is 0.0952. The Morgan fingerprint density at radius 1 is 0.923 bits per heavy atom. The number of methoxy groups -OCH3 is 1. The zero-order chi connectivity index (χ0) is 18.7. The summed E-state index contributed by atoms with van der Waals surface area (Å²) < 4.78 is 28.1. The van der Waals surface area contributed by atoms with Crippen LogP contribution in [-0.4, -0.2) is 27.6 Å². The molecule has 0 saturated carbocycles. The van der Waals surface area contributed by atoms with E-state index in [2.05, 4.69) is 0 Å². The second-order valence-electron chi connectivity index (χ2n) is 5.97. The summed E-state index contributed by atoms with van der Waals surface area (Å²) in [5, 5.41) is 2.11. The third kappa shape index (κ3) is 4.00. The van der Waals surface area contributed by atoms with E-state index in [0.717, 1.165) is 28.3 Å². The average Bonchev–Trinajstić information content (AvgIpc) is 2.65. The molecule has 0 fully saturated rings. The summed E-state index contributed by atoms with van der Waals surface area (Å²) >= 11 is 0. The highest BCUT2D eigenvalue weighted by atomic mass is 32.2. The quantitative estimate of drug-likeness (QED) is 0.503. The van der Waals surface area contributed by atoms with E-state index in [1.165, 1.54) is 30.3 Å². The maximum Gasteiger partial charge on any atom is 0.185 e. The minimum atomic E-state index is -3.26. The smallest absolute Gasteiger partial charge is 0.185 e. The molecule has 132 valence electrons. The van der Waals surface area contributed by atoms with Crippen molar-refractivity contribution in [3.05, 3.63) is 77.9 Å². The largest absolute Gasteiger partial charge is 0.497 e. The molecule has 3 aromatic carbocycles. The maximum absolute atomic E-state index is 12.3. The van der Waals surface area contributed by atoms with Gasteiger partial charge in [-0.15, -0.1) is 0 Å². The Balaban J connectivity index is 1.80. The van der Waals surface area contributed by atoms with E-state index in [4.69, 9.17) is 4.74 Å². The van der Waals surface area contributed by atoms with Crippen molar-refractivity contribution in [3.8, 4) is 5.75 Å². The van der Waals surface area contributed by atoms with Crippen LogP contribution in [-0.2, 0) is 9.84 Å². The number of fused-ring (bicyclic) bond motifs is 1. The molecule has 0 unspecified atom stereocenters. The number of carbonyl (C=O) groups is 1. The van der Waals surface area contributed by atoms with Gasteiger partial charge in [-0.1, -0.05) is 24.3 Å². The minimum Gasteiger partial charge on any atom is -0.497 e. The van der Waals surface area contributed by atoms with Crippen LogP contribution in [0.15, 0.2) is 71.6 Å². The second kappa shape index (κ2) is 7.14. The number of allylic oxidation sites excluding steroid dienone is 1. The molecule has 0 aliphatic carbocycles. The normalized spacial score (nSPS) is 11.8. The molecule has 0 amide bonds. The summed E-state index contributed by atoms with van der Waals surface area (Å²) in [7, 11) is -1.63. The highest BCUT2D eigenvalue weighted by Crippen LogP contribution is 2.22. The molecule has 0 aromatic heterocycles. The number of carbonyl (C=O) groups excluding carboxylic acids is 1. The van der Waals surface area contributed by atoms with Gasteiger partial charge in [-0.3, -0.25) is 4.79 Å². The minimum absolute atomic E-state index is 0.181. The van der Waals surface area contributed by atoms with Gasteiger partial charge in [0.15, 0.2) is 15.6 Å². The maximum atomic E-state index is 12.3. The monoisotopic (exact) mass is 366 g/mol. The van der Waals surface area contributed by atoms with E-state index in [1.54, 1.807) is 13.2 Å². The van der Waals surface area contributed by atoms with Gasteiger partial charge in [0.1, 0.15) is 5.75 Å². The fourth-order valence-electron chi connectivity index (χ4n) is 2.61. The standard InChI is InChI=1S/C21H18O4S/c1-25-19-9-6-17-13-15(3-5-18(17)14-19)4-12-21(22)16-7-10-20(11-8-16)26(2,23)24/h3-14H,1-2H3/b12-4+. The molecule has 0 aliphatic rings. The van der Waals surface area contributed by atoms with E-state index in [0.29, 0.717) is 5.56 Å². The first-order valence-corrected chi connectivity index (χ1v) is 9.86. The van der Waals surface area contributed by atoms with Crippen LogP contribution >= 0.6 is 0 Å². The molecule has 3 aromatic rings. The molecule has 0 saturated heterocycles. The third-order valence-corrected chi connectivity index (χ3v) is 5.19. The van der Waals surface area contributed by atoms with Crippen molar-refractivity contribution in [3.63, 3.8) is 0 Å². The average molecular weight is 366 g/mol. The van der Waals surface area contributed by atoms with E-state index in [-0.39, 0.29) is 10.7 Å². The lowest BCUT2D eigenvalue weighted by Gasteiger charge is -2.03. The number of hydrogen-bond acceptors (Lipinski definition) is 4. The summed E-state index contributed by atoms with van der Waals surface area (Å²) in [6.45, 7) is 0. The third-order valence-electron chi connectivity index (χ3n) is 4.07. The van der Waals surface area contributed by atoms with E-state index in [9.17, 15) is 13.2 Å². The summed E-state index contributed by atoms with van der Waals surface area (Å²) in [5.41, 5.74) is 1.35. The molecular weight excluding hydrogens is 348 g/mol. The molecule has 0 atom stereocenters. The Bertz CT molecular complexity index is 1090. The Morgan fingerprint density at radius 3 is 2.23 bits per heavy atom. The predicted octanol–water partition coefficient (Wildman–Crippen LogP) is 4.15. The van der Waals surface area contributed by atoms with Crippen molar-refractivity contribution in [2.45, 2.75) is 4.90 Å². The molecule has 4 nitrogen and oxygen atoms in total. The van der Waals surface area contributed by atoms with Gasteiger partial charge in [-0.2, -0.15) is 0 Å². The van der Waals surface area contributed by atoms with E-state index in [1.807, 2.05) is 36.4 Å². The molecule has 3 rings (SSSR count). The number of benzene rings is 3. The zero-order valence-corrected chi connectivity index (χ0v) is 15.3. The Hall–Kier alpha value is -2.92. The van der Waals surface area contributed by atoms with Crippen LogP contribution in [0.5, 0.6) is 5.75 Å². The molecule has 0 heterocycles. The summed E-state index contributed by atoms with van der Waals surface area (Å²) in [5.74, 6) is 0.619. The van der Waals surface area contributed by atoms with Crippen molar-refractivity contribution in [1.82, 2.24) is 0 Å². The highest BCUT2D eigenvalue weighted by Gasteiger charge is 2.08. The lowest BCUT2D eigenvalue weighted by molar-refractivity contribution is 0.104. The molecular formula is C21H18O4S. The fourth-order valence-corrected chi connectivity index (χ4v) is 3.24. The molecule has 0 N–H and O–H groups in total. The number of ether oxygens (including phenoxy) is 1.